The highest BCUT2D eigenvalue weighted by molar-refractivity contribution is 5.81. The maximum Gasteiger partial charge on any atom is 0.238 e. The summed E-state index contributed by atoms with van der Waals surface area (Å²) in [7, 11) is 1.92. The highest BCUT2D eigenvalue weighted by atomic mass is 16.2. The van der Waals surface area contributed by atoms with E-state index in [1.807, 2.05) is 32.7 Å². The smallest absolute Gasteiger partial charge is 0.238 e. The average Bonchev–Trinajstić information content (AvgIpc) is 2.02. The van der Waals surface area contributed by atoms with Gasteiger partial charge in [-0.1, -0.05) is 0 Å². The van der Waals surface area contributed by atoms with Crippen LogP contribution in [0.3, 0.4) is 0 Å². The summed E-state index contributed by atoms with van der Waals surface area (Å²) < 4.78 is 0. The van der Waals surface area contributed by atoms with Crippen molar-refractivity contribution in [2.24, 2.45) is 5.73 Å². The van der Waals surface area contributed by atoms with Crippen LogP contribution in [0.5, 0.6) is 0 Å². The number of carbonyl (C=O) groups is 1. The van der Waals surface area contributed by atoms with Gasteiger partial charge in [-0.15, -0.1) is 0 Å². The van der Waals surface area contributed by atoms with Gasteiger partial charge in [0.2, 0.25) is 5.91 Å². The van der Waals surface area contributed by atoms with Gasteiger partial charge in [-0.3, -0.25) is 9.69 Å². The predicted octanol–water partition coefficient (Wildman–Crippen LogP) is -0.252. The maximum atomic E-state index is 11.3. The molecule has 3 N–H and O–H groups in total. The minimum Gasteiger partial charge on any atom is -0.342 e. The van der Waals surface area contributed by atoms with Crippen LogP contribution in [0.15, 0.2) is 0 Å². The number of nitrogens with two attached hydrogens (primary N) is 1. The van der Waals surface area contributed by atoms with E-state index in [9.17, 15) is 4.79 Å². The van der Waals surface area contributed by atoms with Crippen LogP contribution >= 0.6 is 0 Å². The molecule has 0 rings (SSSR count). The molecule has 0 saturated heterocycles. The van der Waals surface area contributed by atoms with Crippen molar-refractivity contribution in [3.05, 3.63) is 0 Å². The van der Waals surface area contributed by atoms with Gasteiger partial charge in [0.15, 0.2) is 0 Å². The Hall–Kier alpha value is -0.610. The number of nitrogens with one attached hydrogen (secondary N) is 1. The first kappa shape index (κ1) is 11.4. The SMILES string of the molecule is CC(C)N(C)[C@@H](C)C(=O)NCN. The summed E-state index contributed by atoms with van der Waals surface area (Å²) in [6, 6.07) is 0.247. The van der Waals surface area contributed by atoms with Crippen LogP contribution in [0.25, 0.3) is 0 Å². The van der Waals surface area contributed by atoms with Crippen LogP contribution in [0.2, 0.25) is 0 Å². The summed E-state index contributed by atoms with van der Waals surface area (Å²) in [5.74, 6) is -0.0197. The Balaban J connectivity index is 4.00. The van der Waals surface area contributed by atoms with Crippen molar-refractivity contribution in [2.75, 3.05) is 13.7 Å². The van der Waals surface area contributed by atoms with Crippen LogP contribution in [0, 0.1) is 0 Å². The van der Waals surface area contributed by atoms with Crippen LogP contribution < -0.4 is 11.1 Å². The molecule has 4 heteroatoms. The Kier molecular flexibility index (Phi) is 4.85. The van der Waals surface area contributed by atoms with Gasteiger partial charge in [-0.2, -0.15) is 0 Å². The monoisotopic (exact) mass is 173 g/mol. The van der Waals surface area contributed by atoms with Crippen LogP contribution in [-0.2, 0) is 4.79 Å². The van der Waals surface area contributed by atoms with Crippen molar-refractivity contribution in [3.8, 4) is 0 Å². The Morgan fingerprint density at radius 2 is 2.00 bits per heavy atom. The lowest BCUT2D eigenvalue weighted by Gasteiger charge is -2.27. The molecule has 0 aliphatic carbocycles. The molecular formula is C8H19N3O. The van der Waals surface area contributed by atoms with Gasteiger partial charge in [0, 0.05) is 6.04 Å². The second-order valence-corrected chi connectivity index (χ2v) is 3.18. The van der Waals surface area contributed by atoms with Crippen molar-refractivity contribution in [1.82, 2.24) is 10.2 Å². The summed E-state index contributed by atoms with van der Waals surface area (Å²) >= 11 is 0. The molecule has 72 valence electrons. The lowest BCUT2D eigenvalue weighted by molar-refractivity contribution is -0.125. The van der Waals surface area contributed by atoms with E-state index in [0.29, 0.717) is 6.04 Å². The molecule has 0 aromatic carbocycles. The Morgan fingerprint density at radius 3 is 2.33 bits per heavy atom. The minimum atomic E-state index is -0.117. The molecule has 0 bridgehead atoms. The van der Waals surface area contributed by atoms with E-state index in [1.54, 1.807) is 0 Å². The first-order chi connectivity index (χ1) is 5.50. The molecule has 0 aliphatic rings. The van der Waals surface area contributed by atoms with Crippen molar-refractivity contribution in [1.29, 1.82) is 0 Å². The fourth-order valence-electron chi connectivity index (χ4n) is 0.880. The number of carbonyl (C=O) groups excluding carboxylic acids is 1. The number of hydrogen-bond acceptors (Lipinski definition) is 3. The number of rotatable bonds is 4. The van der Waals surface area contributed by atoms with Gasteiger partial charge in [0.1, 0.15) is 0 Å². The fourth-order valence-corrected chi connectivity index (χ4v) is 0.880. The van der Waals surface area contributed by atoms with E-state index in [1.165, 1.54) is 0 Å². The molecule has 0 unspecified atom stereocenters. The molecule has 1 amide bonds. The number of amides is 1. The molecule has 0 spiro atoms. The van der Waals surface area contributed by atoms with Crippen molar-refractivity contribution in [2.45, 2.75) is 32.9 Å². The highest BCUT2D eigenvalue weighted by Crippen LogP contribution is 2.00. The molecule has 0 fully saturated rings. The van der Waals surface area contributed by atoms with E-state index in [0.717, 1.165) is 0 Å². The third kappa shape index (κ3) is 3.19. The zero-order valence-electron chi connectivity index (χ0n) is 8.29. The zero-order valence-corrected chi connectivity index (χ0v) is 8.29. The van der Waals surface area contributed by atoms with Gasteiger partial charge in [-0.05, 0) is 27.8 Å². The topological polar surface area (TPSA) is 58.4 Å². The van der Waals surface area contributed by atoms with E-state index < -0.39 is 0 Å². The Labute approximate surface area is 74.1 Å². The molecule has 0 aliphatic heterocycles. The molecule has 4 nitrogen and oxygen atoms in total. The lowest BCUT2D eigenvalue weighted by atomic mass is 10.2. The van der Waals surface area contributed by atoms with Gasteiger partial charge in [0.05, 0.1) is 12.7 Å². The normalized spacial score (nSPS) is 13.6. The predicted molar refractivity (Wildman–Crippen MR) is 49.6 cm³/mol. The number of likely N-dealkylation sites (N-methyl/N-ethyl adjacent to an activating group) is 1. The number of hydrogen-bond donors (Lipinski definition) is 2. The molecule has 0 aromatic heterocycles. The fraction of sp³-hybridized carbons (Fsp3) is 0.875. The average molecular weight is 173 g/mol. The molecule has 0 aromatic rings. The van der Waals surface area contributed by atoms with Gasteiger partial charge in [-0.25, -0.2) is 0 Å². The van der Waals surface area contributed by atoms with E-state index >= 15 is 0 Å². The standard InChI is InChI=1S/C8H19N3O/c1-6(2)11(4)7(3)8(12)10-5-9/h6-7H,5,9H2,1-4H3,(H,10,12)/t7-/m0/s1. The molecule has 0 radical (unpaired) electrons. The maximum absolute atomic E-state index is 11.3. The van der Waals surface area contributed by atoms with Gasteiger partial charge < -0.3 is 11.1 Å². The molecular weight excluding hydrogens is 154 g/mol. The number of nitrogens with zero attached hydrogens (tertiary/aromatic N) is 1. The van der Waals surface area contributed by atoms with Gasteiger partial charge >= 0.3 is 0 Å². The first-order valence-corrected chi connectivity index (χ1v) is 4.20. The van der Waals surface area contributed by atoms with E-state index in [2.05, 4.69) is 5.32 Å². The molecule has 12 heavy (non-hydrogen) atoms. The zero-order chi connectivity index (χ0) is 9.72. The quantitative estimate of drug-likeness (QED) is 0.576. The van der Waals surface area contributed by atoms with Crippen LogP contribution in [0.4, 0.5) is 0 Å². The Bertz CT molecular complexity index is 147. The second-order valence-electron chi connectivity index (χ2n) is 3.18. The van der Waals surface area contributed by atoms with Gasteiger partial charge in [0.25, 0.3) is 0 Å². The van der Waals surface area contributed by atoms with Crippen molar-refractivity contribution < 1.29 is 4.79 Å². The van der Waals surface area contributed by atoms with Crippen molar-refractivity contribution in [3.63, 3.8) is 0 Å². The summed E-state index contributed by atoms with van der Waals surface area (Å²) in [6.45, 7) is 6.17. The largest absolute Gasteiger partial charge is 0.342 e. The third-order valence-corrected chi connectivity index (χ3v) is 2.08. The highest BCUT2D eigenvalue weighted by Gasteiger charge is 2.18. The molecule has 0 saturated carbocycles. The minimum absolute atomic E-state index is 0.0197. The van der Waals surface area contributed by atoms with Crippen molar-refractivity contribution >= 4 is 5.91 Å². The van der Waals surface area contributed by atoms with E-state index in [-0.39, 0.29) is 18.6 Å². The first-order valence-electron chi connectivity index (χ1n) is 4.20. The lowest BCUT2D eigenvalue weighted by Crippen LogP contribution is -2.47. The third-order valence-electron chi connectivity index (χ3n) is 2.08. The van der Waals surface area contributed by atoms with E-state index in [4.69, 9.17) is 5.73 Å². The molecule has 1 atom stereocenters. The molecule has 0 heterocycles. The second kappa shape index (κ2) is 5.11. The summed E-state index contributed by atoms with van der Waals surface area (Å²) in [5.41, 5.74) is 5.19. The van der Waals surface area contributed by atoms with Crippen LogP contribution in [0.1, 0.15) is 20.8 Å². The Morgan fingerprint density at radius 1 is 1.50 bits per heavy atom. The summed E-state index contributed by atoms with van der Waals surface area (Å²) in [4.78, 5) is 13.2. The van der Waals surface area contributed by atoms with Crippen LogP contribution in [-0.4, -0.2) is 36.6 Å². The summed E-state index contributed by atoms with van der Waals surface area (Å²) in [5, 5.41) is 2.58. The summed E-state index contributed by atoms with van der Waals surface area (Å²) in [6.07, 6.45) is 0.